The summed E-state index contributed by atoms with van der Waals surface area (Å²) in [6, 6.07) is 11.1. The van der Waals surface area contributed by atoms with E-state index in [0.717, 1.165) is 30.1 Å². The molecule has 0 saturated carbocycles. The fraction of sp³-hybridized carbons (Fsp3) is 0.429. The Kier molecular flexibility index (Phi) is 6.85. The summed E-state index contributed by atoms with van der Waals surface area (Å²) in [6.45, 7) is 2.81. The fourth-order valence-electron chi connectivity index (χ4n) is 3.32. The van der Waals surface area contributed by atoms with Gasteiger partial charge in [-0.15, -0.1) is 0 Å². The summed E-state index contributed by atoms with van der Waals surface area (Å²) in [6.07, 6.45) is 0.145. The lowest BCUT2D eigenvalue weighted by Gasteiger charge is -2.18. The van der Waals surface area contributed by atoms with Gasteiger partial charge in [0.1, 0.15) is 30.0 Å². The van der Waals surface area contributed by atoms with Crippen LogP contribution >= 0.6 is 0 Å². The van der Waals surface area contributed by atoms with Crippen molar-refractivity contribution in [1.82, 2.24) is 4.98 Å². The molecule has 1 aliphatic rings. The first-order valence-electron chi connectivity index (χ1n) is 9.57. The third-order valence-corrected chi connectivity index (χ3v) is 4.82. The molecule has 1 aliphatic heterocycles. The zero-order chi connectivity index (χ0) is 20.8. The summed E-state index contributed by atoms with van der Waals surface area (Å²) in [7, 11) is 0. The van der Waals surface area contributed by atoms with E-state index in [1.54, 1.807) is 12.1 Å². The van der Waals surface area contributed by atoms with Crippen LogP contribution in [0.25, 0.3) is 0 Å². The van der Waals surface area contributed by atoms with Gasteiger partial charge in [-0.2, -0.15) is 0 Å². The summed E-state index contributed by atoms with van der Waals surface area (Å²) >= 11 is 0. The van der Waals surface area contributed by atoms with Crippen LogP contribution in [0.15, 0.2) is 42.6 Å². The molecule has 0 unspecified atom stereocenters. The molecule has 1 aromatic heterocycles. The molecule has 6 nitrogen and oxygen atoms in total. The van der Waals surface area contributed by atoms with Gasteiger partial charge in [-0.05, 0) is 35.7 Å². The number of amides is 1. The van der Waals surface area contributed by atoms with Gasteiger partial charge in [-0.25, -0.2) is 13.8 Å². The van der Waals surface area contributed by atoms with Gasteiger partial charge < -0.3 is 20.1 Å². The molecule has 156 valence electrons. The SMILES string of the molecule is C[C@@H](CC(N)=O)c1ccc(O[C@@H]2CCN(c3ccc(OCC(F)F)cn3)C2)cc1. The van der Waals surface area contributed by atoms with E-state index >= 15 is 0 Å². The summed E-state index contributed by atoms with van der Waals surface area (Å²) in [5.74, 6) is 1.62. The van der Waals surface area contributed by atoms with Crippen molar-refractivity contribution in [3.8, 4) is 11.5 Å². The van der Waals surface area contributed by atoms with Gasteiger partial charge in [0, 0.05) is 19.4 Å². The van der Waals surface area contributed by atoms with Gasteiger partial charge in [-0.3, -0.25) is 4.79 Å². The molecular weight excluding hydrogens is 380 g/mol. The first-order chi connectivity index (χ1) is 13.9. The lowest BCUT2D eigenvalue weighted by atomic mass is 9.97. The monoisotopic (exact) mass is 405 g/mol. The molecule has 1 saturated heterocycles. The van der Waals surface area contributed by atoms with Crippen molar-refractivity contribution in [2.75, 3.05) is 24.6 Å². The smallest absolute Gasteiger partial charge is 0.272 e. The van der Waals surface area contributed by atoms with Gasteiger partial charge in [0.2, 0.25) is 5.91 Å². The molecule has 29 heavy (non-hydrogen) atoms. The number of aromatic nitrogens is 1. The summed E-state index contributed by atoms with van der Waals surface area (Å²) in [5.41, 5.74) is 6.30. The van der Waals surface area contributed by atoms with Gasteiger partial charge in [0.15, 0.2) is 0 Å². The predicted octanol–water partition coefficient (Wildman–Crippen LogP) is 3.36. The molecule has 2 aromatic rings. The Morgan fingerprint density at radius 2 is 1.97 bits per heavy atom. The number of carbonyl (C=O) groups is 1. The second-order valence-electron chi connectivity index (χ2n) is 7.17. The number of halogens is 2. The molecule has 0 spiro atoms. The average molecular weight is 405 g/mol. The topological polar surface area (TPSA) is 77.7 Å². The first kappa shape index (κ1) is 20.8. The van der Waals surface area contributed by atoms with Crippen molar-refractivity contribution >= 4 is 11.7 Å². The number of alkyl halides is 2. The van der Waals surface area contributed by atoms with Crippen LogP contribution in [0.2, 0.25) is 0 Å². The molecule has 2 heterocycles. The van der Waals surface area contributed by atoms with E-state index in [1.807, 2.05) is 31.2 Å². The maximum Gasteiger partial charge on any atom is 0.272 e. The largest absolute Gasteiger partial charge is 0.489 e. The Bertz CT molecular complexity index is 800. The molecule has 1 amide bonds. The van der Waals surface area contributed by atoms with Crippen LogP contribution in [0.5, 0.6) is 11.5 Å². The van der Waals surface area contributed by atoms with Crippen molar-refractivity contribution < 1.29 is 23.0 Å². The molecule has 3 rings (SSSR count). The van der Waals surface area contributed by atoms with Crippen LogP contribution in [-0.4, -0.2) is 43.1 Å². The predicted molar refractivity (Wildman–Crippen MR) is 106 cm³/mol. The second-order valence-corrected chi connectivity index (χ2v) is 7.17. The zero-order valence-electron chi connectivity index (χ0n) is 16.3. The van der Waals surface area contributed by atoms with Crippen LogP contribution < -0.4 is 20.1 Å². The van der Waals surface area contributed by atoms with E-state index in [1.165, 1.54) is 6.20 Å². The van der Waals surface area contributed by atoms with Crippen molar-refractivity contribution in [2.24, 2.45) is 5.73 Å². The molecule has 1 aromatic carbocycles. The minimum absolute atomic E-state index is 0.0282. The number of benzene rings is 1. The molecular formula is C21H25F2N3O3. The third kappa shape index (κ3) is 6.04. The van der Waals surface area contributed by atoms with E-state index in [2.05, 4.69) is 9.88 Å². The lowest BCUT2D eigenvalue weighted by molar-refractivity contribution is -0.118. The van der Waals surface area contributed by atoms with Crippen molar-refractivity contribution in [3.63, 3.8) is 0 Å². The highest BCUT2D eigenvalue weighted by Gasteiger charge is 2.25. The quantitative estimate of drug-likeness (QED) is 0.692. The van der Waals surface area contributed by atoms with E-state index in [-0.39, 0.29) is 17.9 Å². The third-order valence-electron chi connectivity index (χ3n) is 4.82. The molecule has 8 heteroatoms. The summed E-state index contributed by atoms with van der Waals surface area (Å²) < 4.78 is 35.4. The number of hydrogen-bond donors (Lipinski definition) is 1. The Hall–Kier alpha value is -2.90. The summed E-state index contributed by atoms with van der Waals surface area (Å²) in [4.78, 5) is 17.4. The second kappa shape index (κ2) is 9.54. The fourth-order valence-corrected chi connectivity index (χ4v) is 3.32. The van der Waals surface area contributed by atoms with Gasteiger partial charge in [0.05, 0.1) is 12.7 Å². The van der Waals surface area contributed by atoms with Crippen molar-refractivity contribution in [3.05, 3.63) is 48.2 Å². The number of primary amides is 1. The normalized spacial score (nSPS) is 17.4. The molecule has 0 aliphatic carbocycles. The highest BCUT2D eigenvalue weighted by Crippen LogP contribution is 2.26. The number of hydrogen-bond acceptors (Lipinski definition) is 5. The number of pyridine rings is 1. The van der Waals surface area contributed by atoms with Crippen LogP contribution in [0.1, 0.15) is 31.2 Å². The maximum absolute atomic E-state index is 12.2. The highest BCUT2D eigenvalue weighted by molar-refractivity contribution is 5.74. The Labute approximate surface area is 168 Å². The first-order valence-corrected chi connectivity index (χ1v) is 9.57. The highest BCUT2D eigenvalue weighted by atomic mass is 19.3. The number of carbonyl (C=O) groups excluding carboxylic acids is 1. The van der Waals surface area contributed by atoms with E-state index in [0.29, 0.717) is 18.7 Å². The number of nitrogens with two attached hydrogens (primary N) is 1. The average Bonchev–Trinajstić information content (AvgIpc) is 3.15. The molecule has 0 bridgehead atoms. The zero-order valence-corrected chi connectivity index (χ0v) is 16.3. The Balaban J connectivity index is 1.51. The van der Waals surface area contributed by atoms with Gasteiger partial charge in [0.25, 0.3) is 6.43 Å². The minimum atomic E-state index is -2.51. The van der Waals surface area contributed by atoms with Crippen LogP contribution in [0.4, 0.5) is 14.6 Å². The standard InChI is InChI=1S/C21H25F2N3O3/c1-14(10-20(24)27)15-2-4-16(5-3-15)29-18-8-9-26(12-18)21-7-6-17(11-25-21)28-13-19(22)23/h2-7,11,14,18-19H,8-10,12-13H2,1H3,(H2,24,27)/t14-,18+/m0/s1. The Morgan fingerprint density at radius 1 is 1.24 bits per heavy atom. The van der Waals surface area contributed by atoms with Gasteiger partial charge in [-0.1, -0.05) is 19.1 Å². The maximum atomic E-state index is 12.2. The molecule has 1 fully saturated rings. The van der Waals surface area contributed by atoms with E-state index in [9.17, 15) is 13.6 Å². The molecule has 2 N–H and O–H groups in total. The number of nitrogens with zero attached hydrogens (tertiary/aromatic N) is 2. The lowest BCUT2D eigenvalue weighted by Crippen LogP contribution is -2.25. The van der Waals surface area contributed by atoms with Crippen LogP contribution in [-0.2, 0) is 4.79 Å². The van der Waals surface area contributed by atoms with Gasteiger partial charge >= 0.3 is 0 Å². The molecule has 2 atom stereocenters. The number of ether oxygens (including phenoxy) is 2. The Morgan fingerprint density at radius 3 is 2.59 bits per heavy atom. The number of anilines is 1. The molecule has 0 radical (unpaired) electrons. The van der Waals surface area contributed by atoms with Crippen molar-refractivity contribution in [2.45, 2.75) is 38.2 Å². The van der Waals surface area contributed by atoms with E-state index < -0.39 is 13.0 Å². The summed E-state index contributed by atoms with van der Waals surface area (Å²) in [5, 5.41) is 0. The van der Waals surface area contributed by atoms with E-state index in [4.69, 9.17) is 15.2 Å². The minimum Gasteiger partial charge on any atom is -0.489 e. The van der Waals surface area contributed by atoms with Crippen molar-refractivity contribution in [1.29, 1.82) is 0 Å². The van der Waals surface area contributed by atoms with Crippen LogP contribution in [0, 0.1) is 0 Å². The number of rotatable bonds is 9. The van der Waals surface area contributed by atoms with Crippen LogP contribution in [0.3, 0.4) is 0 Å².